The molecule has 0 radical (unpaired) electrons. The second-order valence-corrected chi connectivity index (χ2v) is 1.13. The van der Waals surface area contributed by atoms with Gasteiger partial charge in [0.25, 0.3) is 0 Å². The van der Waals surface area contributed by atoms with Gasteiger partial charge in [0, 0.05) is 6.42 Å². The number of carbonyl (C=O) groups is 1. The third-order valence-corrected chi connectivity index (χ3v) is 0.505. The van der Waals surface area contributed by atoms with Crippen molar-refractivity contribution in [2.45, 2.75) is 6.42 Å². The third kappa shape index (κ3) is 4.02. The predicted molar refractivity (Wildman–Crippen MR) is 24.5 cm³/mol. The number of aldehydes is 1. The first-order chi connectivity index (χ1) is 2.41. The number of hydrogen-bond donors (Lipinski definition) is 1. The number of thiol groups is 1. The van der Waals surface area contributed by atoms with E-state index in [-0.39, 0.29) is 0 Å². The molecule has 0 heterocycles. The fourth-order valence-electron chi connectivity index (χ4n) is 0.0527. The molecule has 0 aromatic heterocycles. The second-order valence-electron chi connectivity index (χ2n) is 0.679. The minimum Gasteiger partial charge on any atom is -0.303 e. The summed E-state index contributed by atoms with van der Waals surface area (Å²) in [6.07, 6.45) is 1.43. The molecule has 0 atom stereocenters. The van der Waals surface area contributed by atoms with Crippen LogP contribution in [0.15, 0.2) is 0 Å². The Balaban J connectivity index is 2.40. The summed E-state index contributed by atoms with van der Waals surface area (Å²) in [7, 11) is 0. The summed E-state index contributed by atoms with van der Waals surface area (Å²) in [5, 5.41) is 0. The molecule has 30 valence electrons. The van der Waals surface area contributed by atoms with Gasteiger partial charge in [-0.05, 0) is 5.75 Å². The van der Waals surface area contributed by atoms with Crippen LogP contribution in [0.1, 0.15) is 6.42 Å². The molecule has 1 nitrogen and oxygen atoms in total. The summed E-state index contributed by atoms with van der Waals surface area (Å²) in [6.45, 7) is 0. The van der Waals surface area contributed by atoms with Crippen molar-refractivity contribution in [3.63, 3.8) is 0 Å². The molecule has 2 heteroatoms. The highest BCUT2D eigenvalue weighted by molar-refractivity contribution is 7.80. The monoisotopic (exact) mass is 90.0 g/mol. The molecule has 0 aromatic carbocycles. The van der Waals surface area contributed by atoms with Crippen LogP contribution in [-0.4, -0.2) is 12.0 Å². The molecule has 0 spiro atoms. The lowest BCUT2D eigenvalue weighted by Crippen LogP contribution is -1.70. The van der Waals surface area contributed by atoms with Gasteiger partial charge in [0.15, 0.2) is 0 Å². The smallest absolute Gasteiger partial charge is 0.120 e. The maximum absolute atomic E-state index is 9.36. The van der Waals surface area contributed by atoms with Crippen molar-refractivity contribution >= 4 is 18.9 Å². The Labute approximate surface area is 36.8 Å². The molecule has 0 rings (SSSR count). The highest BCUT2D eigenvalue weighted by Gasteiger charge is 1.67. The first-order valence-electron chi connectivity index (χ1n) is 1.46. The lowest BCUT2D eigenvalue weighted by molar-refractivity contribution is -0.107. The lowest BCUT2D eigenvalue weighted by Gasteiger charge is -1.68. The highest BCUT2D eigenvalue weighted by atomic mass is 32.1. The molecular formula is C3H6OS. The standard InChI is InChI=1S/C3H6OS/c4-2-1-3-5/h2,5H,1,3H2. The average Bonchev–Trinajstić information content (AvgIpc) is 1.41. The molecule has 0 unspecified atom stereocenters. The van der Waals surface area contributed by atoms with Gasteiger partial charge in [-0.25, -0.2) is 0 Å². The summed E-state index contributed by atoms with van der Waals surface area (Å²) < 4.78 is 0. The van der Waals surface area contributed by atoms with Crippen LogP contribution in [0.5, 0.6) is 0 Å². The van der Waals surface area contributed by atoms with Crippen molar-refractivity contribution < 1.29 is 4.79 Å². The topological polar surface area (TPSA) is 17.1 Å². The zero-order valence-corrected chi connectivity index (χ0v) is 3.74. The van der Waals surface area contributed by atoms with Gasteiger partial charge in [-0.15, -0.1) is 0 Å². The maximum Gasteiger partial charge on any atom is 0.120 e. The molecular weight excluding hydrogens is 84.1 g/mol. The minimum absolute atomic E-state index is 0.573. The molecule has 0 aromatic rings. The van der Waals surface area contributed by atoms with E-state index < -0.39 is 0 Å². The van der Waals surface area contributed by atoms with E-state index in [0.717, 1.165) is 6.29 Å². The van der Waals surface area contributed by atoms with Crippen LogP contribution < -0.4 is 0 Å². The number of hydrogen-bond acceptors (Lipinski definition) is 2. The van der Waals surface area contributed by atoms with Crippen molar-refractivity contribution in [1.29, 1.82) is 0 Å². The normalized spacial score (nSPS) is 7.40. The first kappa shape index (κ1) is 5.02. The molecule has 0 saturated heterocycles. The summed E-state index contributed by atoms with van der Waals surface area (Å²) in [6, 6.07) is 0. The van der Waals surface area contributed by atoms with Crippen LogP contribution >= 0.6 is 12.6 Å². The van der Waals surface area contributed by atoms with Crippen LogP contribution in [0.3, 0.4) is 0 Å². The molecule has 0 aliphatic carbocycles. The van der Waals surface area contributed by atoms with E-state index in [1.165, 1.54) is 0 Å². The van der Waals surface area contributed by atoms with Crippen molar-refractivity contribution in [2.24, 2.45) is 0 Å². The van der Waals surface area contributed by atoms with Crippen LogP contribution in [-0.2, 0) is 4.79 Å². The van der Waals surface area contributed by atoms with E-state index in [1.807, 2.05) is 0 Å². The van der Waals surface area contributed by atoms with Gasteiger partial charge in [-0.2, -0.15) is 12.6 Å². The van der Waals surface area contributed by atoms with E-state index in [0.29, 0.717) is 12.2 Å². The van der Waals surface area contributed by atoms with Gasteiger partial charge in [-0.3, -0.25) is 0 Å². The molecule has 0 aliphatic rings. The van der Waals surface area contributed by atoms with Crippen molar-refractivity contribution in [2.75, 3.05) is 5.75 Å². The molecule has 0 amide bonds. The van der Waals surface area contributed by atoms with E-state index in [1.54, 1.807) is 0 Å². The summed E-state index contributed by atoms with van der Waals surface area (Å²) in [5.74, 6) is 0.670. The SMILES string of the molecule is O=CCCS. The maximum atomic E-state index is 9.36. The van der Waals surface area contributed by atoms with E-state index >= 15 is 0 Å². The Morgan fingerprint density at radius 2 is 2.40 bits per heavy atom. The van der Waals surface area contributed by atoms with Gasteiger partial charge in [0.05, 0.1) is 0 Å². The van der Waals surface area contributed by atoms with E-state index in [4.69, 9.17) is 0 Å². The van der Waals surface area contributed by atoms with Crippen molar-refractivity contribution in [3.8, 4) is 0 Å². The fourth-order valence-corrected chi connectivity index (χ4v) is 0.158. The van der Waals surface area contributed by atoms with E-state index in [2.05, 4.69) is 12.6 Å². The zero-order chi connectivity index (χ0) is 4.12. The fraction of sp³-hybridized carbons (Fsp3) is 0.667. The molecule has 0 aliphatic heterocycles. The van der Waals surface area contributed by atoms with Gasteiger partial charge >= 0.3 is 0 Å². The second kappa shape index (κ2) is 4.02. The number of carbonyl (C=O) groups excluding carboxylic acids is 1. The summed E-state index contributed by atoms with van der Waals surface area (Å²) in [4.78, 5) is 9.36. The largest absolute Gasteiger partial charge is 0.303 e. The zero-order valence-electron chi connectivity index (χ0n) is 2.85. The van der Waals surface area contributed by atoms with Gasteiger partial charge in [0.2, 0.25) is 0 Å². The summed E-state index contributed by atoms with van der Waals surface area (Å²) in [5.41, 5.74) is 0. The van der Waals surface area contributed by atoms with Crippen LogP contribution in [0, 0.1) is 0 Å². The quantitative estimate of drug-likeness (QED) is 0.386. The molecule has 0 bridgehead atoms. The van der Waals surface area contributed by atoms with Crippen LogP contribution in [0.2, 0.25) is 0 Å². The van der Waals surface area contributed by atoms with Crippen molar-refractivity contribution in [1.82, 2.24) is 0 Å². The summed E-state index contributed by atoms with van der Waals surface area (Å²) >= 11 is 3.77. The van der Waals surface area contributed by atoms with Gasteiger partial charge < -0.3 is 4.79 Å². The highest BCUT2D eigenvalue weighted by Crippen LogP contribution is 1.73. The van der Waals surface area contributed by atoms with Crippen LogP contribution in [0.25, 0.3) is 0 Å². The predicted octanol–water partition coefficient (Wildman–Crippen LogP) is 0.505. The van der Waals surface area contributed by atoms with Crippen molar-refractivity contribution in [3.05, 3.63) is 0 Å². The van der Waals surface area contributed by atoms with Gasteiger partial charge in [0.1, 0.15) is 6.29 Å². The molecule has 0 saturated carbocycles. The first-order valence-corrected chi connectivity index (χ1v) is 2.09. The van der Waals surface area contributed by atoms with Crippen LogP contribution in [0.4, 0.5) is 0 Å². The minimum atomic E-state index is 0.573. The Morgan fingerprint density at radius 3 is 2.40 bits per heavy atom. The van der Waals surface area contributed by atoms with E-state index in [9.17, 15) is 4.79 Å². The lowest BCUT2D eigenvalue weighted by atomic mass is 10.6. The Hall–Kier alpha value is 0.0200. The third-order valence-electron chi connectivity index (χ3n) is 0.247. The molecule has 0 N–H and O–H groups in total. The Kier molecular flexibility index (Phi) is 4.04. The molecule has 5 heavy (non-hydrogen) atoms. The number of rotatable bonds is 2. The van der Waals surface area contributed by atoms with Gasteiger partial charge in [-0.1, -0.05) is 0 Å². The Bertz CT molecular complexity index is 28.1. The Morgan fingerprint density at radius 1 is 1.80 bits per heavy atom. The molecule has 0 fully saturated rings. The average molecular weight is 90.1 g/mol.